The van der Waals surface area contributed by atoms with Gasteiger partial charge < -0.3 is 10.7 Å². The molecule has 5 heteroatoms. The smallest absolute Gasteiger partial charge is 0.208 e. The standard InChI is InChI=1S/C16H17N5/c1-2-18-15(17)21-16-19-13-9-8-12(10-14(13)20-16)11-6-4-3-5-7-11/h3-10H,2H2,1H3,(H4,17,18,19,20,21). The van der Waals surface area contributed by atoms with Crippen LogP contribution < -0.4 is 11.1 Å². The molecule has 2 aromatic carbocycles. The van der Waals surface area contributed by atoms with Gasteiger partial charge in [0.2, 0.25) is 5.95 Å². The molecule has 106 valence electrons. The minimum Gasteiger partial charge on any atom is -0.370 e. The number of nitrogens with two attached hydrogens (primary N) is 1. The van der Waals surface area contributed by atoms with Crippen molar-refractivity contribution in [2.75, 3.05) is 11.9 Å². The third kappa shape index (κ3) is 2.86. The lowest BCUT2D eigenvalue weighted by molar-refractivity contribution is 1.11. The number of imidazole rings is 1. The quantitative estimate of drug-likeness (QED) is 0.509. The predicted molar refractivity (Wildman–Crippen MR) is 87.3 cm³/mol. The van der Waals surface area contributed by atoms with E-state index in [1.807, 2.05) is 31.2 Å². The topological polar surface area (TPSA) is 79.1 Å². The summed E-state index contributed by atoms with van der Waals surface area (Å²) in [7, 11) is 0. The number of hydrogen-bond acceptors (Lipinski definition) is 2. The number of aromatic nitrogens is 2. The fourth-order valence-corrected chi connectivity index (χ4v) is 2.21. The van der Waals surface area contributed by atoms with Crippen LogP contribution in [-0.4, -0.2) is 22.5 Å². The minimum atomic E-state index is 0.361. The summed E-state index contributed by atoms with van der Waals surface area (Å²) in [6.45, 7) is 2.57. The van der Waals surface area contributed by atoms with Crippen LogP contribution in [0.4, 0.5) is 5.95 Å². The molecule has 0 radical (unpaired) electrons. The van der Waals surface area contributed by atoms with Crippen LogP contribution in [0.2, 0.25) is 0 Å². The van der Waals surface area contributed by atoms with Crippen LogP contribution in [-0.2, 0) is 0 Å². The Morgan fingerprint density at radius 2 is 2.00 bits per heavy atom. The van der Waals surface area contributed by atoms with Gasteiger partial charge in [0.15, 0.2) is 5.96 Å². The lowest BCUT2D eigenvalue weighted by atomic mass is 10.1. The summed E-state index contributed by atoms with van der Waals surface area (Å²) < 4.78 is 0. The molecule has 4 N–H and O–H groups in total. The molecule has 0 unspecified atom stereocenters. The predicted octanol–water partition coefficient (Wildman–Crippen LogP) is 2.98. The highest BCUT2D eigenvalue weighted by Gasteiger charge is 2.05. The highest BCUT2D eigenvalue weighted by molar-refractivity contribution is 5.93. The van der Waals surface area contributed by atoms with E-state index in [0.717, 1.165) is 16.6 Å². The number of aliphatic imine (C=N–C) groups is 1. The molecule has 0 bridgehead atoms. The third-order valence-electron chi connectivity index (χ3n) is 3.16. The van der Waals surface area contributed by atoms with E-state index in [4.69, 9.17) is 5.73 Å². The van der Waals surface area contributed by atoms with Crippen molar-refractivity contribution in [3.05, 3.63) is 48.5 Å². The molecule has 3 aromatic rings. The molecule has 0 fully saturated rings. The fraction of sp³-hybridized carbons (Fsp3) is 0.125. The van der Waals surface area contributed by atoms with Crippen LogP contribution in [0, 0.1) is 0 Å². The molecule has 1 aromatic heterocycles. The van der Waals surface area contributed by atoms with E-state index in [0.29, 0.717) is 18.5 Å². The highest BCUT2D eigenvalue weighted by Crippen LogP contribution is 2.23. The van der Waals surface area contributed by atoms with E-state index in [9.17, 15) is 0 Å². The number of guanidine groups is 1. The molecule has 0 aliphatic heterocycles. The average molecular weight is 279 g/mol. The van der Waals surface area contributed by atoms with Gasteiger partial charge in [-0.3, -0.25) is 10.3 Å². The van der Waals surface area contributed by atoms with E-state index >= 15 is 0 Å². The van der Waals surface area contributed by atoms with Gasteiger partial charge in [-0.25, -0.2) is 4.98 Å². The SMILES string of the molecule is CCN=C(N)Nc1nc2ccc(-c3ccccc3)cc2[nH]1. The molecule has 0 aliphatic rings. The fourth-order valence-electron chi connectivity index (χ4n) is 2.21. The Labute approximate surface area is 122 Å². The van der Waals surface area contributed by atoms with Gasteiger partial charge in [0.25, 0.3) is 0 Å². The zero-order valence-electron chi connectivity index (χ0n) is 11.8. The maximum Gasteiger partial charge on any atom is 0.208 e. The monoisotopic (exact) mass is 279 g/mol. The van der Waals surface area contributed by atoms with Crippen LogP contribution in [0.15, 0.2) is 53.5 Å². The minimum absolute atomic E-state index is 0.361. The van der Waals surface area contributed by atoms with Gasteiger partial charge in [-0.15, -0.1) is 0 Å². The summed E-state index contributed by atoms with van der Waals surface area (Å²) >= 11 is 0. The lowest BCUT2D eigenvalue weighted by Gasteiger charge is -2.00. The molecule has 1 heterocycles. The van der Waals surface area contributed by atoms with Gasteiger partial charge in [0.1, 0.15) is 0 Å². The molecule has 0 saturated heterocycles. The Kier molecular flexibility index (Phi) is 3.55. The third-order valence-corrected chi connectivity index (χ3v) is 3.16. The molecule has 0 spiro atoms. The first-order valence-electron chi connectivity index (χ1n) is 6.88. The summed E-state index contributed by atoms with van der Waals surface area (Å²) in [6.07, 6.45) is 0. The number of benzene rings is 2. The van der Waals surface area contributed by atoms with Gasteiger partial charge in [0.05, 0.1) is 11.0 Å². The summed E-state index contributed by atoms with van der Waals surface area (Å²) in [5, 5.41) is 2.95. The Hall–Kier alpha value is -2.82. The van der Waals surface area contributed by atoms with Crippen molar-refractivity contribution in [3.63, 3.8) is 0 Å². The number of rotatable bonds is 3. The first-order chi connectivity index (χ1) is 10.3. The van der Waals surface area contributed by atoms with Gasteiger partial charge >= 0.3 is 0 Å². The van der Waals surface area contributed by atoms with Crippen LogP contribution in [0.1, 0.15) is 6.92 Å². The maximum atomic E-state index is 5.74. The summed E-state index contributed by atoms with van der Waals surface area (Å²) in [5.74, 6) is 0.963. The number of hydrogen-bond donors (Lipinski definition) is 3. The maximum absolute atomic E-state index is 5.74. The van der Waals surface area contributed by atoms with E-state index in [-0.39, 0.29) is 0 Å². The second-order valence-corrected chi connectivity index (χ2v) is 4.67. The van der Waals surface area contributed by atoms with Crippen LogP contribution in [0.25, 0.3) is 22.2 Å². The normalized spacial score (nSPS) is 11.8. The van der Waals surface area contributed by atoms with Crippen molar-refractivity contribution in [3.8, 4) is 11.1 Å². The largest absolute Gasteiger partial charge is 0.370 e. The summed E-state index contributed by atoms with van der Waals surface area (Å²) in [4.78, 5) is 11.7. The second-order valence-electron chi connectivity index (χ2n) is 4.67. The molecule has 0 saturated carbocycles. The Morgan fingerprint density at radius 3 is 2.76 bits per heavy atom. The lowest BCUT2D eigenvalue weighted by Crippen LogP contribution is -2.23. The van der Waals surface area contributed by atoms with Crippen LogP contribution in [0.5, 0.6) is 0 Å². The Bertz CT molecular complexity index is 774. The molecule has 21 heavy (non-hydrogen) atoms. The Balaban J connectivity index is 1.94. The summed E-state index contributed by atoms with van der Waals surface area (Å²) in [6, 6.07) is 16.4. The zero-order chi connectivity index (χ0) is 14.7. The van der Waals surface area contributed by atoms with Crippen molar-refractivity contribution in [1.29, 1.82) is 0 Å². The first-order valence-corrected chi connectivity index (χ1v) is 6.88. The van der Waals surface area contributed by atoms with Gasteiger partial charge in [0, 0.05) is 6.54 Å². The van der Waals surface area contributed by atoms with Crippen molar-refractivity contribution < 1.29 is 0 Å². The Morgan fingerprint density at radius 1 is 1.19 bits per heavy atom. The van der Waals surface area contributed by atoms with Gasteiger partial charge in [-0.1, -0.05) is 36.4 Å². The number of aromatic amines is 1. The van der Waals surface area contributed by atoms with Crippen molar-refractivity contribution in [2.24, 2.45) is 10.7 Å². The molecule has 0 aliphatic carbocycles. The van der Waals surface area contributed by atoms with E-state index in [1.54, 1.807) is 0 Å². The number of nitrogens with one attached hydrogen (secondary N) is 2. The van der Waals surface area contributed by atoms with E-state index < -0.39 is 0 Å². The average Bonchev–Trinajstić information content (AvgIpc) is 2.89. The van der Waals surface area contributed by atoms with Gasteiger partial charge in [-0.2, -0.15) is 0 Å². The number of anilines is 1. The highest BCUT2D eigenvalue weighted by atomic mass is 15.2. The number of fused-ring (bicyclic) bond motifs is 1. The van der Waals surface area contributed by atoms with E-state index in [1.165, 1.54) is 5.56 Å². The molecular weight excluding hydrogens is 262 g/mol. The van der Waals surface area contributed by atoms with Crippen molar-refractivity contribution in [2.45, 2.75) is 6.92 Å². The molecular formula is C16H17N5. The zero-order valence-corrected chi connectivity index (χ0v) is 11.8. The van der Waals surface area contributed by atoms with Crippen LogP contribution in [0.3, 0.4) is 0 Å². The number of H-pyrrole nitrogens is 1. The van der Waals surface area contributed by atoms with Crippen LogP contribution >= 0.6 is 0 Å². The van der Waals surface area contributed by atoms with E-state index in [2.05, 4.69) is 44.5 Å². The van der Waals surface area contributed by atoms with Crippen molar-refractivity contribution in [1.82, 2.24) is 9.97 Å². The molecule has 0 amide bonds. The number of nitrogens with zero attached hydrogens (tertiary/aromatic N) is 2. The molecule has 0 atom stereocenters. The van der Waals surface area contributed by atoms with Crippen molar-refractivity contribution >= 4 is 22.9 Å². The molecule has 3 rings (SSSR count). The summed E-state index contributed by atoms with van der Waals surface area (Å²) in [5.41, 5.74) is 9.91. The first kappa shape index (κ1) is 13.2. The van der Waals surface area contributed by atoms with Gasteiger partial charge in [-0.05, 0) is 30.2 Å². The molecule has 5 nitrogen and oxygen atoms in total. The second kappa shape index (κ2) is 5.66.